The lowest BCUT2D eigenvalue weighted by molar-refractivity contribution is 0.142. The lowest BCUT2D eigenvalue weighted by Crippen LogP contribution is -2.45. The molecule has 6 heteroatoms. The predicted molar refractivity (Wildman–Crippen MR) is 106 cm³/mol. The molecule has 1 saturated heterocycles. The van der Waals surface area contributed by atoms with Gasteiger partial charge in [-0.15, -0.1) is 11.3 Å². The van der Waals surface area contributed by atoms with Gasteiger partial charge < -0.3 is 9.64 Å². The van der Waals surface area contributed by atoms with Crippen molar-refractivity contribution in [2.45, 2.75) is 6.54 Å². The number of aromatic nitrogens is 1. The Kier molecular flexibility index (Phi) is 6.41. The fourth-order valence-electron chi connectivity index (χ4n) is 3.10. The summed E-state index contributed by atoms with van der Waals surface area (Å²) >= 11 is 1.76. The molecule has 1 aliphatic rings. The number of hydrogen-bond donors (Lipinski definition) is 0. The van der Waals surface area contributed by atoms with Gasteiger partial charge in [0, 0.05) is 26.2 Å². The maximum absolute atomic E-state index is 12.4. The first-order chi connectivity index (χ1) is 12.7. The van der Waals surface area contributed by atoms with E-state index in [0.717, 1.165) is 48.9 Å². The molecule has 1 aromatic heterocycles. The summed E-state index contributed by atoms with van der Waals surface area (Å²) in [5.41, 5.74) is 1.96. The maximum Gasteiger partial charge on any atom is 0.142 e. The molecule has 0 N–H and O–H groups in total. The van der Waals surface area contributed by atoms with Gasteiger partial charge in [0.2, 0.25) is 0 Å². The Balaban J connectivity index is 1.61. The zero-order chi connectivity index (χ0) is 18.4. The van der Waals surface area contributed by atoms with Crippen molar-refractivity contribution < 1.29 is 9.13 Å². The van der Waals surface area contributed by atoms with Crippen molar-refractivity contribution >= 4 is 21.6 Å². The third-order valence-electron chi connectivity index (χ3n) is 4.38. The number of rotatable bonds is 8. The number of nitrogens with zero attached hydrogens (tertiary/aromatic N) is 3. The molecule has 1 aliphatic heterocycles. The number of alkyl halides is 1. The van der Waals surface area contributed by atoms with Crippen molar-refractivity contribution in [2.24, 2.45) is 0 Å². The summed E-state index contributed by atoms with van der Waals surface area (Å²) in [4.78, 5) is 9.35. The molecule has 138 valence electrons. The van der Waals surface area contributed by atoms with E-state index in [9.17, 15) is 4.39 Å². The lowest BCUT2D eigenvalue weighted by atomic mass is 10.2. The first-order valence-electron chi connectivity index (χ1n) is 8.75. The van der Waals surface area contributed by atoms with Crippen LogP contribution in [0, 0.1) is 0 Å². The van der Waals surface area contributed by atoms with E-state index in [2.05, 4.69) is 35.1 Å². The first kappa shape index (κ1) is 18.6. The summed E-state index contributed by atoms with van der Waals surface area (Å²) in [5, 5.41) is 1.15. The molecule has 3 rings (SSSR count). The van der Waals surface area contributed by atoms with Gasteiger partial charge in [0.1, 0.15) is 24.0 Å². The van der Waals surface area contributed by atoms with Gasteiger partial charge in [-0.05, 0) is 24.3 Å². The molecule has 1 aromatic carbocycles. The standard InChI is InChI=1S/C20H24FN3OS/c1-3-17(18(4-2)25-14-9-21)24-12-10-23(11-13-24)15-20-22-16-7-5-6-8-19(16)26-20/h3-8H,1-2,9-15H2/b18-17-. The molecule has 2 heterocycles. The molecule has 0 aliphatic carbocycles. The van der Waals surface area contributed by atoms with Gasteiger partial charge >= 0.3 is 0 Å². The SMILES string of the molecule is C=C/C(OCCF)=C(\C=C)N1CCN(Cc2nc3ccccc3s2)CC1. The van der Waals surface area contributed by atoms with Crippen LogP contribution in [0.3, 0.4) is 0 Å². The number of piperazine rings is 1. The molecule has 0 amide bonds. The van der Waals surface area contributed by atoms with E-state index in [1.807, 2.05) is 12.1 Å². The molecular formula is C20H24FN3OS. The number of thiazole rings is 1. The first-order valence-corrected chi connectivity index (χ1v) is 9.56. The summed E-state index contributed by atoms with van der Waals surface area (Å²) in [7, 11) is 0. The fraction of sp³-hybridized carbons (Fsp3) is 0.350. The Labute approximate surface area is 157 Å². The van der Waals surface area contributed by atoms with Gasteiger partial charge in [-0.1, -0.05) is 25.3 Å². The van der Waals surface area contributed by atoms with Crippen LogP contribution in [0.5, 0.6) is 0 Å². The summed E-state index contributed by atoms with van der Waals surface area (Å²) in [6.07, 6.45) is 3.39. The Morgan fingerprint density at radius 2 is 1.96 bits per heavy atom. The molecule has 0 atom stereocenters. The molecule has 0 spiro atoms. The van der Waals surface area contributed by atoms with Crippen LogP contribution in [-0.4, -0.2) is 54.2 Å². The largest absolute Gasteiger partial charge is 0.489 e. The average molecular weight is 373 g/mol. The van der Waals surface area contributed by atoms with Crippen molar-refractivity contribution in [1.29, 1.82) is 0 Å². The van der Waals surface area contributed by atoms with E-state index >= 15 is 0 Å². The van der Waals surface area contributed by atoms with E-state index in [4.69, 9.17) is 9.72 Å². The maximum atomic E-state index is 12.4. The highest BCUT2D eigenvalue weighted by Crippen LogP contribution is 2.24. The van der Waals surface area contributed by atoms with Crippen LogP contribution >= 0.6 is 11.3 Å². The average Bonchev–Trinajstić information content (AvgIpc) is 3.08. The number of allylic oxidation sites excluding steroid dienone is 2. The Hall–Kier alpha value is -2.18. The Morgan fingerprint density at radius 3 is 2.62 bits per heavy atom. The van der Waals surface area contributed by atoms with Crippen LogP contribution < -0.4 is 0 Å². The van der Waals surface area contributed by atoms with Crippen molar-refractivity contribution in [3.8, 4) is 0 Å². The fourth-order valence-corrected chi connectivity index (χ4v) is 4.11. The van der Waals surface area contributed by atoms with Crippen LogP contribution in [0.25, 0.3) is 10.2 Å². The van der Waals surface area contributed by atoms with E-state index < -0.39 is 6.67 Å². The molecule has 1 fully saturated rings. The smallest absolute Gasteiger partial charge is 0.142 e. The van der Waals surface area contributed by atoms with Gasteiger partial charge in [0.15, 0.2) is 0 Å². The zero-order valence-corrected chi connectivity index (χ0v) is 15.7. The van der Waals surface area contributed by atoms with Crippen LogP contribution in [-0.2, 0) is 11.3 Å². The lowest BCUT2D eigenvalue weighted by Gasteiger charge is -2.36. The number of hydrogen-bond acceptors (Lipinski definition) is 5. The number of para-hydroxylation sites is 1. The van der Waals surface area contributed by atoms with E-state index in [1.165, 1.54) is 4.70 Å². The minimum Gasteiger partial charge on any atom is -0.489 e. The van der Waals surface area contributed by atoms with Crippen molar-refractivity contribution in [1.82, 2.24) is 14.8 Å². The monoisotopic (exact) mass is 373 g/mol. The zero-order valence-electron chi connectivity index (χ0n) is 14.9. The normalized spacial score (nSPS) is 16.4. The molecule has 4 nitrogen and oxygen atoms in total. The van der Waals surface area contributed by atoms with Gasteiger partial charge in [-0.25, -0.2) is 9.37 Å². The number of halogens is 1. The van der Waals surface area contributed by atoms with Gasteiger partial charge in [0.05, 0.1) is 22.5 Å². The second-order valence-electron chi connectivity index (χ2n) is 6.03. The number of ether oxygens (including phenoxy) is 1. The van der Waals surface area contributed by atoms with Crippen molar-refractivity contribution in [3.05, 3.63) is 66.0 Å². The van der Waals surface area contributed by atoms with Crippen molar-refractivity contribution in [2.75, 3.05) is 39.5 Å². The predicted octanol–water partition coefficient (Wildman–Crippen LogP) is 3.98. The molecule has 0 radical (unpaired) electrons. The summed E-state index contributed by atoms with van der Waals surface area (Å²) in [5.74, 6) is 0.595. The van der Waals surface area contributed by atoms with Crippen LogP contribution in [0.4, 0.5) is 4.39 Å². The summed E-state index contributed by atoms with van der Waals surface area (Å²) < 4.78 is 19.1. The number of fused-ring (bicyclic) bond motifs is 1. The molecule has 0 saturated carbocycles. The minimum absolute atomic E-state index is 0.0380. The van der Waals surface area contributed by atoms with Gasteiger partial charge in [-0.3, -0.25) is 4.90 Å². The Morgan fingerprint density at radius 1 is 1.19 bits per heavy atom. The van der Waals surface area contributed by atoms with E-state index in [-0.39, 0.29) is 6.61 Å². The summed E-state index contributed by atoms with van der Waals surface area (Å²) in [6.45, 7) is 11.6. The molecule has 0 unspecified atom stereocenters. The third-order valence-corrected chi connectivity index (χ3v) is 5.40. The highest BCUT2D eigenvalue weighted by atomic mass is 32.1. The van der Waals surface area contributed by atoms with Crippen LogP contribution in [0.2, 0.25) is 0 Å². The highest BCUT2D eigenvalue weighted by Gasteiger charge is 2.20. The highest BCUT2D eigenvalue weighted by molar-refractivity contribution is 7.18. The van der Waals surface area contributed by atoms with Crippen molar-refractivity contribution in [3.63, 3.8) is 0 Å². The van der Waals surface area contributed by atoms with Crippen LogP contribution in [0.1, 0.15) is 5.01 Å². The minimum atomic E-state index is -0.516. The molecule has 26 heavy (non-hydrogen) atoms. The third kappa shape index (κ3) is 4.31. The Bertz CT molecular complexity index is 760. The quantitative estimate of drug-likeness (QED) is 0.517. The molecule has 2 aromatic rings. The van der Waals surface area contributed by atoms with Gasteiger partial charge in [0.25, 0.3) is 0 Å². The number of benzene rings is 1. The van der Waals surface area contributed by atoms with E-state index in [0.29, 0.717) is 5.76 Å². The molecular weight excluding hydrogens is 349 g/mol. The van der Waals surface area contributed by atoms with E-state index in [1.54, 1.807) is 23.5 Å². The second-order valence-corrected chi connectivity index (χ2v) is 7.15. The topological polar surface area (TPSA) is 28.6 Å². The summed E-state index contributed by atoms with van der Waals surface area (Å²) in [6, 6.07) is 8.25. The van der Waals surface area contributed by atoms with Gasteiger partial charge in [-0.2, -0.15) is 0 Å². The van der Waals surface area contributed by atoms with Crippen LogP contribution in [0.15, 0.2) is 61.0 Å². The second kappa shape index (κ2) is 8.96. The molecule has 0 bridgehead atoms.